The molecule has 4 aromatic rings. The highest BCUT2D eigenvalue weighted by Gasteiger charge is 2.26. The van der Waals surface area contributed by atoms with Crippen LogP contribution in [-0.4, -0.2) is 49.4 Å². The molecule has 1 fully saturated rings. The quantitative estimate of drug-likeness (QED) is 0.535. The third-order valence-corrected chi connectivity index (χ3v) is 5.21. The van der Waals surface area contributed by atoms with E-state index in [9.17, 15) is 4.79 Å². The summed E-state index contributed by atoms with van der Waals surface area (Å²) >= 11 is 0. The Hall–Kier alpha value is -3.49. The second-order valence-electron chi connectivity index (χ2n) is 6.85. The summed E-state index contributed by atoms with van der Waals surface area (Å²) in [7, 11) is 1.59. The number of aromatic nitrogens is 6. The number of nitrogens with zero attached hydrogens (tertiary/aromatic N) is 7. The van der Waals surface area contributed by atoms with Crippen molar-refractivity contribution in [2.24, 2.45) is 0 Å². The lowest BCUT2D eigenvalue weighted by Crippen LogP contribution is -2.35. The van der Waals surface area contributed by atoms with E-state index in [2.05, 4.69) is 25.2 Å². The fraction of sp³-hybridized carbons (Fsp3) is 0.316. The molecule has 0 aliphatic carbocycles. The van der Waals surface area contributed by atoms with Gasteiger partial charge >= 0.3 is 0 Å². The molecule has 0 aromatic carbocycles. The van der Waals surface area contributed by atoms with Crippen molar-refractivity contribution in [2.75, 3.05) is 25.1 Å². The van der Waals surface area contributed by atoms with E-state index in [0.29, 0.717) is 17.2 Å². The molecule has 0 saturated carbocycles. The van der Waals surface area contributed by atoms with Gasteiger partial charge in [-0.25, -0.2) is 4.98 Å². The Kier molecular flexibility index (Phi) is 3.92. The minimum atomic E-state index is -0.0672. The maximum absolute atomic E-state index is 12.4. The van der Waals surface area contributed by atoms with Gasteiger partial charge in [0.1, 0.15) is 11.5 Å². The molecule has 1 aliphatic rings. The number of hydrogen-bond donors (Lipinski definition) is 0. The van der Waals surface area contributed by atoms with Crippen molar-refractivity contribution in [3.05, 3.63) is 58.8 Å². The smallest absolute Gasteiger partial charge is 0.259 e. The van der Waals surface area contributed by atoms with Gasteiger partial charge in [-0.1, -0.05) is 6.07 Å². The standard InChI is InChI=1S/C19H19N7O2/c1-28-17-6-5-15-21-22-19(26(15)23-17)13-7-10-24(11-8-13)16-12-18(27)25-9-3-2-4-14(25)20-16/h2-6,9,12-13H,7-8,10-11H2,1H3. The number of fused-ring (bicyclic) bond motifs is 2. The molecule has 9 nitrogen and oxygen atoms in total. The maximum Gasteiger partial charge on any atom is 0.259 e. The molecule has 1 aliphatic heterocycles. The van der Waals surface area contributed by atoms with Gasteiger partial charge in [0.25, 0.3) is 5.56 Å². The van der Waals surface area contributed by atoms with Crippen molar-refractivity contribution in [1.82, 2.24) is 29.2 Å². The van der Waals surface area contributed by atoms with Crippen molar-refractivity contribution < 1.29 is 4.74 Å². The Labute approximate surface area is 160 Å². The second kappa shape index (κ2) is 6.59. The Balaban J connectivity index is 1.39. The molecule has 0 bridgehead atoms. The fourth-order valence-corrected chi connectivity index (χ4v) is 3.72. The van der Waals surface area contributed by atoms with Crippen molar-refractivity contribution in [1.29, 1.82) is 0 Å². The van der Waals surface area contributed by atoms with Crippen LogP contribution in [0.1, 0.15) is 24.6 Å². The van der Waals surface area contributed by atoms with Gasteiger partial charge in [-0.3, -0.25) is 9.20 Å². The summed E-state index contributed by atoms with van der Waals surface area (Å²) in [6.07, 6.45) is 3.50. The number of anilines is 1. The predicted octanol–water partition coefficient (Wildman–Crippen LogP) is 1.52. The monoisotopic (exact) mass is 377 g/mol. The summed E-state index contributed by atoms with van der Waals surface area (Å²) in [5.41, 5.74) is 1.30. The summed E-state index contributed by atoms with van der Waals surface area (Å²) in [5.74, 6) is 2.35. The number of rotatable bonds is 3. The molecule has 0 unspecified atom stereocenters. The van der Waals surface area contributed by atoms with Crippen molar-refractivity contribution >= 4 is 17.1 Å². The summed E-state index contributed by atoms with van der Waals surface area (Å²) < 4.78 is 8.54. The van der Waals surface area contributed by atoms with Crippen molar-refractivity contribution in [3.63, 3.8) is 0 Å². The third-order valence-electron chi connectivity index (χ3n) is 5.21. The van der Waals surface area contributed by atoms with E-state index in [1.54, 1.807) is 34.4 Å². The van der Waals surface area contributed by atoms with Crippen LogP contribution in [0.2, 0.25) is 0 Å². The summed E-state index contributed by atoms with van der Waals surface area (Å²) in [6.45, 7) is 1.58. The highest BCUT2D eigenvalue weighted by atomic mass is 16.5. The van der Waals surface area contributed by atoms with Crippen LogP contribution in [0.15, 0.2) is 47.4 Å². The van der Waals surface area contributed by atoms with Gasteiger partial charge in [-0.15, -0.1) is 15.3 Å². The molecular formula is C19H19N7O2. The lowest BCUT2D eigenvalue weighted by Gasteiger charge is -2.31. The molecule has 142 valence electrons. The first-order valence-corrected chi connectivity index (χ1v) is 9.23. The van der Waals surface area contributed by atoms with E-state index in [4.69, 9.17) is 4.74 Å². The summed E-state index contributed by atoms with van der Waals surface area (Å²) in [5, 5.41) is 13.0. The second-order valence-corrected chi connectivity index (χ2v) is 6.85. The van der Waals surface area contributed by atoms with Crippen LogP contribution in [-0.2, 0) is 0 Å². The van der Waals surface area contributed by atoms with Crippen LogP contribution >= 0.6 is 0 Å². The van der Waals surface area contributed by atoms with Crippen LogP contribution in [0, 0.1) is 0 Å². The lowest BCUT2D eigenvalue weighted by atomic mass is 9.96. The zero-order valence-corrected chi connectivity index (χ0v) is 15.4. The number of ether oxygens (including phenoxy) is 1. The molecule has 28 heavy (non-hydrogen) atoms. The van der Waals surface area contributed by atoms with E-state index >= 15 is 0 Å². The van der Waals surface area contributed by atoms with Gasteiger partial charge in [-0.05, 0) is 31.0 Å². The zero-order chi connectivity index (χ0) is 19.1. The molecule has 5 heterocycles. The fourth-order valence-electron chi connectivity index (χ4n) is 3.72. The Morgan fingerprint density at radius 2 is 1.93 bits per heavy atom. The minimum Gasteiger partial charge on any atom is -0.480 e. The van der Waals surface area contributed by atoms with Gasteiger partial charge in [0.05, 0.1) is 7.11 Å². The largest absolute Gasteiger partial charge is 0.480 e. The predicted molar refractivity (Wildman–Crippen MR) is 103 cm³/mol. The average Bonchev–Trinajstić information content (AvgIpc) is 3.17. The highest BCUT2D eigenvalue weighted by molar-refractivity contribution is 5.48. The Bertz CT molecular complexity index is 1210. The van der Waals surface area contributed by atoms with Crippen LogP contribution < -0.4 is 15.2 Å². The van der Waals surface area contributed by atoms with Crippen LogP contribution in [0.5, 0.6) is 5.88 Å². The van der Waals surface area contributed by atoms with Gasteiger partial charge in [0, 0.05) is 37.3 Å². The summed E-state index contributed by atoms with van der Waals surface area (Å²) in [4.78, 5) is 19.2. The first-order valence-electron chi connectivity index (χ1n) is 9.23. The average molecular weight is 377 g/mol. The molecule has 1 saturated heterocycles. The van der Waals surface area contributed by atoms with Crippen molar-refractivity contribution in [2.45, 2.75) is 18.8 Å². The lowest BCUT2D eigenvalue weighted by molar-refractivity contribution is 0.387. The number of piperidine rings is 1. The maximum atomic E-state index is 12.4. The molecule has 0 N–H and O–H groups in total. The molecule has 5 rings (SSSR count). The Morgan fingerprint density at radius 3 is 2.75 bits per heavy atom. The SMILES string of the molecule is COc1ccc2nnc(C3CCN(c4cc(=O)n5ccccc5n4)CC3)n2n1. The van der Waals surface area contributed by atoms with E-state index < -0.39 is 0 Å². The molecule has 0 amide bonds. The number of methoxy groups -OCH3 is 1. The van der Waals surface area contributed by atoms with Gasteiger partial charge in [0.15, 0.2) is 11.5 Å². The van der Waals surface area contributed by atoms with Crippen LogP contribution in [0.4, 0.5) is 5.82 Å². The molecule has 4 aromatic heterocycles. The van der Waals surface area contributed by atoms with E-state index in [-0.39, 0.29) is 11.5 Å². The number of hydrogen-bond acceptors (Lipinski definition) is 7. The molecule has 0 atom stereocenters. The van der Waals surface area contributed by atoms with Crippen LogP contribution in [0.25, 0.3) is 11.3 Å². The number of pyridine rings is 1. The van der Waals surface area contributed by atoms with Gasteiger partial charge in [0.2, 0.25) is 5.88 Å². The first kappa shape index (κ1) is 16.7. The molecule has 9 heteroatoms. The third kappa shape index (κ3) is 2.75. The summed E-state index contributed by atoms with van der Waals surface area (Å²) in [6, 6.07) is 10.8. The highest BCUT2D eigenvalue weighted by Crippen LogP contribution is 2.29. The normalized spacial score (nSPS) is 15.4. The topological polar surface area (TPSA) is 89.9 Å². The van der Waals surface area contributed by atoms with E-state index in [1.165, 1.54) is 0 Å². The molecule has 0 radical (unpaired) electrons. The van der Waals surface area contributed by atoms with Gasteiger partial charge < -0.3 is 9.64 Å². The Morgan fingerprint density at radius 1 is 1.07 bits per heavy atom. The van der Waals surface area contributed by atoms with E-state index in [0.717, 1.165) is 37.6 Å². The van der Waals surface area contributed by atoms with Gasteiger partial charge in [-0.2, -0.15) is 4.52 Å². The molecular weight excluding hydrogens is 358 g/mol. The van der Waals surface area contributed by atoms with E-state index in [1.807, 2.05) is 24.3 Å². The first-order chi connectivity index (χ1) is 13.7. The zero-order valence-electron chi connectivity index (χ0n) is 15.4. The minimum absolute atomic E-state index is 0.0672. The molecule has 0 spiro atoms. The van der Waals surface area contributed by atoms with Crippen LogP contribution in [0.3, 0.4) is 0 Å². The van der Waals surface area contributed by atoms with Crippen molar-refractivity contribution in [3.8, 4) is 5.88 Å².